The van der Waals surface area contributed by atoms with Crippen LogP contribution in [0.1, 0.15) is 31.4 Å². The normalized spacial score (nSPS) is 13.5. The molecule has 22 heavy (non-hydrogen) atoms. The Hall–Kier alpha value is -1.88. The molecule has 0 radical (unpaired) electrons. The van der Waals surface area contributed by atoms with Crippen LogP contribution in [0.25, 0.3) is 0 Å². The molecule has 0 fully saturated rings. The number of carboxylic acid groups (broad SMARTS) is 1. The van der Waals surface area contributed by atoms with Gasteiger partial charge in [0, 0.05) is 13.6 Å². The fraction of sp³-hybridized carbons (Fsp3) is 0.529. The zero-order valence-corrected chi connectivity index (χ0v) is 13.8. The Balaban J connectivity index is 2.57. The summed E-state index contributed by atoms with van der Waals surface area (Å²) in [7, 11) is 1.73. The van der Waals surface area contributed by atoms with Crippen LogP contribution in [-0.2, 0) is 16.1 Å². The highest BCUT2D eigenvalue weighted by atomic mass is 16.4. The number of rotatable bonds is 8. The molecule has 0 bridgehead atoms. The Kier molecular flexibility index (Phi) is 7.05. The maximum atomic E-state index is 12.2. The van der Waals surface area contributed by atoms with E-state index in [9.17, 15) is 14.7 Å². The minimum absolute atomic E-state index is 0.0213. The van der Waals surface area contributed by atoms with E-state index in [2.05, 4.69) is 5.32 Å². The molecule has 0 aliphatic rings. The summed E-state index contributed by atoms with van der Waals surface area (Å²) < 4.78 is 0. The number of carbonyl (C=O) groups is 2. The molecule has 0 saturated heterocycles. The summed E-state index contributed by atoms with van der Waals surface area (Å²) in [4.78, 5) is 25.0. The summed E-state index contributed by atoms with van der Waals surface area (Å²) in [6.45, 7) is 6.37. The van der Waals surface area contributed by atoms with Crippen molar-refractivity contribution in [2.75, 3.05) is 13.6 Å². The third-order valence-electron chi connectivity index (χ3n) is 4.05. The van der Waals surface area contributed by atoms with Gasteiger partial charge in [0.05, 0.1) is 6.54 Å². The molecule has 5 nitrogen and oxygen atoms in total. The van der Waals surface area contributed by atoms with Gasteiger partial charge < -0.3 is 10.0 Å². The molecule has 1 aromatic carbocycles. The second kappa shape index (κ2) is 8.54. The molecule has 122 valence electrons. The van der Waals surface area contributed by atoms with Gasteiger partial charge in [0.25, 0.3) is 0 Å². The quantitative estimate of drug-likeness (QED) is 0.771. The van der Waals surface area contributed by atoms with Gasteiger partial charge in [-0.1, -0.05) is 44.5 Å². The summed E-state index contributed by atoms with van der Waals surface area (Å²) >= 11 is 0. The van der Waals surface area contributed by atoms with E-state index in [1.165, 1.54) is 0 Å². The average molecular weight is 306 g/mol. The number of hydrogen-bond donors (Lipinski definition) is 2. The summed E-state index contributed by atoms with van der Waals surface area (Å²) in [5, 5.41) is 12.1. The van der Waals surface area contributed by atoms with Crippen molar-refractivity contribution < 1.29 is 14.7 Å². The summed E-state index contributed by atoms with van der Waals surface area (Å²) in [6.07, 6.45) is 0.747. The molecule has 0 heterocycles. The van der Waals surface area contributed by atoms with Gasteiger partial charge in [-0.15, -0.1) is 0 Å². The number of hydrogen-bond acceptors (Lipinski definition) is 3. The number of aryl methyl sites for hydroxylation is 1. The summed E-state index contributed by atoms with van der Waals surface area (Å²) in [5.74, 6) is -1.05. The molecular formula is C17H26N2O3. The van der Waals surface area contributed by atoms with Gasteiger partial charge in [0.15, 0.2) is 0 Å². The van der Waals surface area contributed by atoms with E-state index >= 15 is 0 Å². The first-order valence-electron chi connectivity index (χ1n) is 7.61. The molecule has 0 saturated carbocycles. The van der Waals surface area contributed by atoms with Crippen molar-refractivity contribution in [1.82, 2.24) is 10.2 Å². The van der Waals surface area contributed by atoms with Crippen LogP contribution in [0.5, 0.6) is 0 Å². The Morgan fingerprint density at radius 1 is 1.32 bits per heavy atom. The molecule has 0 unspecified atom stereocenters. The predicted octanol–water partition coefficient (Wildman–Crippen LogP) is 2.04. The fourth-order valence-electron chi connectivity index (χ4n) is 2.23. The van der Waals surface area contributed by atoms with Crippen molar-refractivity contribution >= 4 is 11.9 Å². The highest BCUT2D eigenvalue weighted by Crippen LogP contribution is 2.10. The molecule has 0 spiro atoms. The van der Waals surface area contributed by atoms with Crippen LogP contribution in [0.4, 0.5) is 0 Å². The highest BCUT2D eigenvalue weighted by Gasteiger charge is 2.24. The van der Waals surface area contributed by atoms with Crippen molar-refractivity contribution in [3.63, 3.8) is 0 Å². The van der Waals surface area contributed by atoms with E-state index in [-0.39, 0.29) is 18.4 Å². The van der Waals surface area contributed by atoms with Crippen molar-refractivity contribution in [3.8, 4) is 0 Å². The van der Waals surface area contributed by atoms with Crippen LogP contribution in [-0.4, -0.2) is 41.5 Å². The third kappa shape index (κ3) is 5.15. The smallest absolute Gasteiger partial charge is 0.320 e. The number of carboxylic acids is 1. The first kappa shape index (κ1) is 18.2. The Morgan fingerprint density at radius 3 is 2.50 bits per heavy atom. The van der Waals surface area contributed by atoms with Gasteiger partial charge in [-0.3, -0.25) is 14.9 Å². The zero-order valence-electron chi connectivity index (χ0n) is 13.8. The van der Waals surface area contributed by atoms with Crippen LogP contribution in [0, 0.1) is 12.8 Å². The monoisotopic (exact) mass is 306 g/mol. The molecule has 0 aliphatic heterocycles. The lowest BCUT2D eigenvalue weighted by Crippen LogP contribution is -2.46. The third-order valence-corrected chi connectivity index (χ3v) is 4.05. The molecule has 2 atom stereocenters. The molecule has 0 aliphatic carbocycles. The average Bonchev–Trinajstić information content (AvgIpc) is 2.48. The van der Waals surface area contributed by atoms with Gasteiger partial charge in [-0.25, -0.2) is 0 Å². The maximum absolute atomic E-state index is 12.2. The molecular weight excluding hydrogens is 280 g/mol. The predicted molar refractivity (Wildman–Crippen MR) is 86.5 cm³/mol. The van der Waals surface area contributed by atoms with Gasteiger partial charge in [-0.05, 0) is 24.0 Å². The van der Waals surface area contributed by atoms with E-state index in [0.29, 0.717) is 6.54 Å². The lowest BCUT2D eigenvalue weighted by Gasteiger charge is -2.23. The Bertz CT molecular complexity index is 516. The lowest BCUT2D eigenvalue weighted by atomic mass is 9.99. The van der Waals surface area contributed by atoms with Gasteiger partial charge >= 0.3 is 5.97 Å². The molecule has 1 rings (SSSR count). The van der Waals surface area contributed by atoms with Crippen LogP contribution in [0.2, 0.25) is 0 Å². The first-order valence-corrected chi connectivity index (χ1v) is 7.61. The molecule has 0 aromatic heterocycles. The van der Waals surface area contributed by atoms with E-state index in [4.69, 9.17) is 0 Å². The molecule has 1 aromatic rings. The van der Waals surface area contributed by atoms with Gasteiger partial charge in [0.1, 0.15) is 6.04 Å². The van der Waals surface area contributed by atoms with Crippen molar-refractivity contribution in [1.29, 1.82) is 0 Å². The highest BCUT2D eigenvalue weighted by molar-refractivity contribution is 5.80. The zero-order chi connectivity index (χ0) is 16.7. The number of nitrogens with zero attached hydrogens (tertiary/aromatic N) is 1. The number of nitrogens with one attached hydrogen (secondary N) is 1. The standard InChI is InChI=1S/C17H26N2O3/c1-5-12(2)16(17(21)22)18-10-15(20)19(4)11-14-9-7-6-8-13(14)3/h6-9,12,16,18H,5,10-11H2,1-4H3,(H,21,22)/t12-,16-/m0/s1. The molecule has 1 amide bonds. The SMILES string of the molecule is CC[C@H](C)[C@H](NCC(=O)N(C)Cc1ccccc1C)C(=O)O. The summed E-state index contributed by atoms with van der Waals surface area (Å²) in [5.41, 5.74) is 2.23. The summed E-state index contributed by atoms with van der Waals surface area (Å²) in [6, 6.07) is 7.22. The lowest BCUT2D eigenvalue weighted by molar-refractivity contribution is -0.141. The first-order chi connectivity index (χ1) is 10.4. The van der Waals surface area contributed by atoms with Gasteiger partial charge in [0.2, 0.25) is 5.91 Å². The van der Waals surface area contributed by atoms with Crippen LogP contribution in [0.3, 0.4) is 0 Å². The second-order valence-electron chi connectivity index (χ2n) is 5.76. The minimum atomic E-state index is -0.913. The Labute approximate surface area is 132 Å². The van der Waals surface area contributed by atoms with E-state index < -0.39 is 12.0 Å². The number of aliphatic carboxylic acids is 1. The number of likely N-dealkylation sites (N-methyl/N-ethyl adjacent to an activating group) is 1. The number of amides is 1. The van der Waals surface area contributed by atoms with Gasteiger partial charge in [-0.2, -0.15) is 0 Å². The van der Waals surface area contributed by atoms with E-state index in [1.54, 1.807) is 11.9 Å². The fourth-order valence-corrected chi connectivity index (χ4v) is 2.23. The number of carbonyl (C=O) groups excluding carboxylic acids is 1. The largest absolute Gasteiger partial charge is 0.480 e. The van der Waals surface area contributed by atoms with Crippen molar-refractivity contribution in [2.45, 2.75) is 39.8 Å². The maximum Gasteiger partial charge on any atom is 0.320 e. The van der Waals surface area contributed by atoms with Crippen LogP contribution >= 0.6 is 0 Å². The van der Waals surface area contributed by atoms with Crippen molar-refractivity contribution in [2.24, 2.45) is 5.92 Å². The van der Waals surface area contributed by atoms with Crippen LogP contribution in [0.15, 0.2) is 24.3 Å². The number of benzene rings is 1. The van der Waals surface area contributed by atoms with Crippen molar-refractivity contribution in [3.05, 3.63) is 35.4 Å². The topological polar surface area (TPSA) is 69.6 Å². The van der Waals surface area contributed by atoms with Crippen LogP contribution < -0.4 is 5.32 Å². The second-order valence-corrected chi connectivity index (χ2v) is 5.76. The van der Waals surface area contributed by atoms with E-state index in [0.717, 1.165) is 17.5 Å². The Morgan fingerprint density at radius 2 is 1.95 bits per heavy atom. The molecule has 5 heteroatoms. The minimum Gasteiger partial charge on any atom is -0.480 e. The van der Waals surface area contributed by atoms with E-state index in [1.807, 2.05) is 45.0 Å². The molecule has 2 N–H and O–H groups in total.